The van der Waals surface area contributed by atoms with Gasteiger partial charge in [-0.1, -0.05) is 140 Å². The van der Waals surface area contributed by atoms with Gasteiger partial charge in [0.15, 0.2) is 0 Å². The summed E-state index contributed by atoms with van der Waals surface area (Å²) in [5, 5.41) is 3.70. The van der Waals surface area contributed by atoms with E-state index in [1.807, 2.05) is 108 Å². The van der Waals surface area contributed by atoms with Crippen LogP contribution in [-0.2, 0) is 0 Å². The first kappa shape index (κ1) is 24.4. The van der Waals surface area contributed by atoms with Crippen LogP contribution in [0.1, 0.15) is 50.7 Å². The molecule has 4 nitrogen and oxygen atoms in total. The van der Waals surface area contributed by atoms with Gasteiger partial charge in [0, 0.05) is 5.56 Å². The van der Waals surface area contributed by atoms with Crippen molar-refractivity contribution in [1.82, 2.24) is 10.2 Å². The Kier molecular flexibility index (Phi) is 7.00. The zero-order valence-electron chi connectivity index (χ0n) is 21.5. The van der Waals surface area contributed by atoms with E-state index < -0.39 is 0 Å². The molecule has 6 rings (SSSR count). The van der Waals surface area contributed by atoms with Crippen LogP contribution in [0.15, 0.2) is 157 Å². The van der Waals surface area contributed by atoms with Gasteiger partial charge >= 0.3 is 0 Å². The summed E-state index contributed by atoms with van der Waals surface area (Å²) in [7, 11) is 0. The summed E-state index contributed by atoms with van der Waals surface area (Å²) in [6.45, 7) is 0. The minimum Gasteiger partial charge on any atom is -0.345 e. The number of carbonyl (C=O) groups is 1. The van der Waals surface area contributed by atoms with E-state index in [0.29, 0.717) is 11.5 Å². The summed E-state index contributed by atoms with van der Waals surface area (Å²) in [4.78, 5) is 21.4. The van der Waals surface area contributed by atoms with Crippen LogP contribution in [0, 0.1) is 0 Å². The van der Waals surface area contributed by atoms with Gasteiger partial charge in [-0.25, -0.2) is 4.99 Å². The number of aliphatic imine (C=N–C) groups is 1. The Morgan fingerprint density at radius 1 is 0.590 bits per heavy atom. The average molecular weight is 508 g/mol. The molecule has 0 radical (unpaired) electrons. The standard InChI is InChI=1S/C35H29N3O/c39-34(30-24-14-5-15-25-30)38-33(29-22-12-4-13-23-29)32(28-20-10-3-11-21-28)37-35(38)36-31(26-16-6-1-7-17-26)27-18-8-2-9-19-27/h1-25,31-33H,(H,36,37)/t32-,33-/m0/s1. The molecule has 0 saturated heterocycles. The molecule has 190 valence electrons. The number of rotatable bonds is 6. The highest BCUT2D eigenvalue weighted by Crippen LogP contribution is 2.43. The average Bonchev–Trinajstić information content (AvgIpc) is 3.41. The Labute approximate surface area is 229 Å². The molecular formula is C35H29N3O. The number of guanidine groups is 1. The van der Waals surface area contributed by atoms with Crippen molar-refractivity contribution < 1.29 is 4.79 Å². The van der Waals surface area contributed by atoms with Crippen LogP contribution in [0.25, 0.3) is 0 Å². The fraction of sp³-hybridized carbons (Fsp3) is 0.0857. The fourth-order valence-corrected chi connectivity index (χ4v) is 5.25. The van der Waals surface area contributed by atoms with Crippen molar-refractivity contribution in [3.63, 3.8) is 0 Å². The third kappa shape index (κ3) is 5.10. The Balaban J connectivity index is 1.50. The molecule has 1 heterocycles. The summed E-state index contributed by atoms with van der Waals surface area (Å²) in [6.07, 6.45) is 0. The Bertz CT molecular complexity index is 1500. The maximum atomic E-state index is 14.3. The topological polar surface area (TPSA) is 44.7 Å². The molecule has 2 atom stereocenters. The van der Waals surface area contributed by atoms with Crippen LogP contribution in [0.5, 0.6) is 0 Å². The number of nitrogens with one attached hydrogen (secondary N) is 1. The molecular weight excluding hydrogens is 478 g/mol. The van der Waals surface area contributed by atoms with Gasteiger partial charge in [0.2, 0.25) is 5.96 Å². The van der Waals surface area contributed by atoms with E-state index >= 15 is 0 Å². The number of carbonyl (C=O) groups excluding carboxylic acids is 1. The second-order valence-electron chi connectivity index (χ2n) is 9.60. The second-order valence-corrected chi connectivity index (χ2v) is 9.60. The SMILES string of the molecule is O=C(c1ccccc1)N1C(NC(c2ccccc2)c2ccccc2)=N[C@@H](c2ccccc2)[C@@H]1c1ccccc1. The van der Waals surface area contributed by atoms with Gasteiger partial charge in [-0.3, -0.25) is 9.69 Å². The normalized spacial score (nSPS) is 16.6. The summed E-state index contributed by atoms with van der Waals surface area (Å²) in [6, 6.07) is 49.7. The quantitative estimate of drug-likeness (QED) is 0.261. The van der Waals surface area contributed by atoms with Crippen LogP contribution in [0.4, 0.5) is 0 Å². The van der Waals surface area contributed by atoms with Crippen LogP contribution in [0.2, 0.25) is 0 Å². The van der Waals surface area contributed by atoms with Gasteiger partial charge in [0.1, 0.15) is 6.04 Å². The highest BCUT2D eigenvalue weighted by Gasteiger charge is 2.43. The molecule has 1 aliphatic heterocycles. The lowest BCUT2D eigenvalue weighted by Crippen LogP contribution is -2.45. The lowest BCUT2D eigenvalue weighted by Gasteiger charge is -2.31. The highest BCUT2D eigenvalue weighted by molar-refractivity contribution is 6.07. The predicted molar refractivity (Wildman–Crippen MR) is 156 cm³/mol. The molecule has 1 N–H and O–H groups in total. The molecule has 0 spiro atoms. The van der Waals surface area contributed by atoms with Crippen LogP contribution < -0.4 is 5.32 Å². The molecule has 0 unspecified atom stereocenters. The van der Waals surface area contributed by atoms with E-state index in [1.54, 1.807) is 0 Å². The maximum Gasteiger partial charge on any atom is 0.261 e. The first-order chi connectivity index (χ1) is 19.3. The zero-order chi connectivity index (χ0) is 26.4. The lowest BCUT2D eigenvalue weighted by atomic mass is 9.93. The van der Waals surface area contributed by atoms with Crippen LogP contribution >= 0.6 is 0 Å². The molecule has 0 aliphatic carbocycles. The van der Waals surface area contributed by atoms with Crippen molar-refractivity contribution >= 4 is 11.9 Å². The fourth-order valence-electron chi connectivity index (χ4n) is 5.25. The zero-order valence-corrected chi connectivity index (χ0v) is 21.5. The Morgan fingerprint density at radius 2 is 1.03 bits per heavy atom. The number of nitrogens with zero attached hydrogens (tertiary/aromatic N) is 2. The van der Waals surface area contributed by atoms with Gasteiger partial charge in [0.05, 0.1) is 12.1 Å². The number of hydrogen-bond donors (Lipinski definition) is 1. The number of amides is 1. The summed E-state index contributed by atoms with van der Waals surface area (Å²) in [5.74, 6) is 0.471. The molecule has 5 aromatic rings. The molecule has 0 bridgehead atoms. The molecule has 5 aromatic carbocycles. The van der Waals surface area contributed by atoms with Crippen molar-refractivity contribution in [3.05, 3.63) is 179 Å². The van der Waals surface area contributed by atoms with E-state index in [2.05, 4.69) is 53.8 Å². The largest absolute Gasteiger partial charge is 0.345 e. The summed E-state index contributed by atoms with van der Waals surface area (Å²) in [5.41, 5.74) is 4.91. The molecule has 1 aliphatic rings. The van der Waals surface area contributed by atoms with E-state index in [-0.39, 0.29) is 24.0 Å². The predicted octanol–water partition coefficient (Wildman–Crippen LogP) is 7.36. The molecule has 39 heavy (non-hydrogen) atoms. The van der Waals surface area contributed by atoms with E-state index in [4.69, 9.17) is 4.99 Å². The van der Waals surface area contributed by atoms with Gasteiger partial charge in [-0.2, -0.15) is 0 Å². The van der Waals surface area contributed by atoms with Crippen molar-refractivity contribution in [2.24, 2.45) is 4.99 Å². The van der Waals surface area contributed by atoms with Crippen LogP contribution in [-0.4, -0.2) is 16.8 Å². The minimum atomic E-state index is -0.309. The molecule has 0 aromatic heterocycles. The summed E-state index contributed by atoms with van der Waals surface area (Å²) >= 11 is 0. The second kappa shape index (κ2) is 11.2. The molecule has 0 fully saturated rings. The van der Waals surface area contributed by atoms with Gasteiger partial charge < -0.3 is 5.32 Å². The molecule has 4 heteroatoms. The van der Waals surface area contributed by atoms with E-state index in [0.717, 1.165) is 22.3 Å². The van der Waals surface area contributed by atoms with Crippen molar-refractivity contribution in [3.8, 4) is 0 Å². The van der Waals surface area contributed by atoms with Gasteiger partial charge in [-0.05, 0) is 34.4 Å². The van der Waals surface area contributed by atoms with E-state index in [1.165, 1.54) is 0 Å². The molecule has 0 saturated carbocycles. The smallest absolute Gasteiger partial charge is 0.261 e. The van der Waals surface area contributed by atoms with Crippen molar-refractivity contribution in [1.29, 1.82) is 0 Å². The van der Waals surface area contributed by atoms with Crippen molar-refractivity contribution in [2.45, 2.75) is 18.1 Å². The minimum absolute atomic E-state index is 0.0889. The lowest BCUT2D eigenvalue weighted by molar-refractivity contribution is 0.0799. The molecule has 1 amide bonds. The maximum absolute atomic E-state index is 14.3. The highest BCUT2D eigenvalue weighted by atomic mass is 16.2. The van der Waals surface area contributed by atoms with Crippen LogP contribution in [0.3, 0.4) is 0 Å². The van der Waals surface area contributed by atoms with Crippen molar-refractivity contribution in [2.75, 3.05) is 0 Å². The van der Waals surface area contributed by atoms with E-state index in [9.17, 15) is 4.79 Å². The monoisotopic (exact) mass is 507 g/mol. The number of hydrogen-bond acceptors (Lipinski definition) is 3. The number of benzene rings is 5. The van der Waals surface area contributed by atoms with Gasteiger partial charge in [0.25, 0.3) is 5.91 Å². The van der Waals surface area contributed by atoms with Gasteiger partial charge in [-0.15, -0.1) is 0 Å². The Hall–Kier alpha value is -4.96. The first-order valence-corrected chi connectivity index (χ1v) is 13.2. The third-order valence-electron chi connectivity index (χ3n) is 7.13. The summed E-state index contributed by atoms with van der Waals surface area (Å²) < 4.78 is 0. The third-order valence-corrected chi connectivity index (χ3v) is 7.13. The first-order valence-electron chi connectivity index (χ1n) is 13.2. The Morgan fingerprint density at radius 3 is 1.54 bits per heavy atom.